The number of anilines is 1. The highest BCUT2D eigenvalue weighted by Gasteiger charge is 2.46. The van der Waals surface area contributed by atoms with E-state index in [-0.39, 0.29) is 23.7 Å². The van der Waals surface area contributed by atoms with Crippen LogP contribution in [0.2, 0.25) is 0 Å². The molecule has 2 fully saturated rings. The first kappa shape index (κ1) is 18.1. The first-order chi connectivity index (χ1) is 13.2. The number of nitrogens with zero attached hydrogens (tertiary/aromatic N) is 4. The van der Waals surface area contributed by atoms with Crippen LogP contribution in [0.15, 0.2) is 30.6 Å². The minimum absolute atomic E-state index is 0.0394. The fourth-order valence-corrected chi connectivity index (χ4v) is 4.41. The molecule has 3 heterocycles. The van der Waals surface area contributed by atoms with Crippen molar-refractivity contribution in [2.24, 2.45) is 11.8 Å². The maximum Gasteiger partial charge on any atom is 0.233 e. The second kappa shape index (κ2) is 8.17. The Morgan fingerprint density at radius 1 is 1.04 bits per heavy atom. The van der Waals surface area contributed by atoms with Crippen LogP contribution in [0.25, 0.3) is 0 Å². The number of amides is 2. The maximum atomic E-state index is 12.5. The molecule has 3 aliphatic rings. The molecule has 1 N–H and O–H groups in total. The van der Waals surface area contributed by atoms with Gasteiger partial charge in [-0.1, -0.05) is 18.6 Å². The molecular formula is C20H27N5O2. The van der Waals surface area contributed by atoms with Crippen LogP contribution in [-0.4, -0.2) is 58.9 Å². The van der Waals surface area contributed by atoms with Crippen LogP contribution in [0.1, 0.15) is 32.1 Å². The van der Waals surface area contributed by atoms with E-state index >= 15 is 0 Å². The van der Waals surface area contributed by atoms with Crippen molar-refractivity contribution >= 4 is 17.8 Å². The summed E-state index contributed by atoms with van der Waals surface area (Å²) in [5, 5.41) is 3.55. The van der Waals surface area contributed by atoms with Crippen molar-refractivity contribution in [2.75, 3.05) is 31.1 Å². The molecule has 2 amide bonds. The molecule has 0 spiro atoms. The molecule has 4 rings (SSSR count). The van der Waals surface area contributed by atoms with Crippen LogP contribution in [0.3, 0.4) is 0 Å². The molecule has 1 aromatic rings. The van der Waals surface area contributed by atoms with Crippen molar-refractivity contribution in [1.29, 1.82) is 0 Å². The van der Waals surface area contributed by atoms with E-state index in [4.69, 9.17) is 0 Å². The van der Waals surface area contributed by atoms with Crippen LogP contribution in [0.5, 0.6) is 0 Å². The highest BCUT2D eigenvalue weighted by atomic mass is 16.2. The summed E-state index contributed by atoms with van der Waals surface area (Å²) < 4.78 is 0. The second-order valence-corrected chi connectivity index (χ2v) is 7.63. The zero-order valence-corrected chi connectivity index (χ0v) is 15.6. The lowest BCUT2D eigenvalue weighted by Crippen LogP contribution is -2.51. The number of nitrogens with one attached hydrogen (secondary N) is 1. The molecule has 1 aromatic heterocycles. The molecule has 2 saturated heterocycles. The average Bonchev–Trinajstić information content (AvgIpc) is 2.97. The van der Waals surface area contributed by atoms with Crippen molar-refractivity contribution in [1.82, 2.24) is 20.2 Å². The van der Waals surface area contributed by atoms with Gasteiger partial charge >= 0.3 is 0 Å². The molecule has 144 valence electrons. The van der Waals surface area contributed by atoms with Gasteiger partial charge in [-0.25, -0.2) is 9.97 Å². The molecular weight excluding hydrogens is 342 g/mol. The Morgan fingerprint density at radius 3 is 2.44 bits per heavy atom. The number of piperazine rings is 1. The van der Waals surface area contributed by atoms with Crippen LogP contribution in [-0.2, 0) is 9.59 Å². The minimum atomic E-state index is -0.109. The van der Waals surface area contributed by atoms with Gasteiger partial charge < -0.3 is 10.2 Å². The van der Waals surface area contributed by atoms with E-state index < -0.39 is 0 Å². The number of hydrogen-bond donors (Lipinski definition) is 1. The molecule has 0 radical (unpaired) electrons. The summed E-state index contributed by atoms with van der Waals surface area (Å²) in [6, 6.07) is 2.22. The number of rotatable bonds is 6. The molecule has 3 atom stereocenters. The lowest BCUT2D eigenvalue weighted by Gasteiger charge is -2.33. The third-order valence-corrected chi connectivity index (χ3v) is 5.87. The van der Waals surface area contributed by atoms with Gasteiger partial charge in [0.1, 0.15) is 0 Å². The Bertz CT molecular complexity index is 682. The van der Waals surface area contributed by atoms with Gasteiger partial charge in [-0.3, -0.25) is 14.5 Å². The number of fused-ring (bicyclic) bond motifs is 1. The number of carbonyl (C=O) groups excluding carboxylic acids is 2. The largest absolute Gasteiger partial charge is 0.338 e. The van der Waals surface area contributed by atoms with Gasteiger partial charge in [-0.15, -0.1) is 0 Å². The summed E-state index contributed by atoms with van der Waals surface area (Å²) in [5.41, 5.74) is 0. The Kier molecular flexibility index (Phi) is 5.48. The van der Waals surface area contributed by atoms with Gasteiger partial charge in [0.25, 0.3) is 0 Å². The van der Waals surface area contributed by atoms with Gasteiger partial charge in [-0.05, 0) is 31.7 Å². The molecule has 0 bridgehead atoms. The zero-order chi connectivity index (χ0) is 18.6. The topological polar surface area (TPSA) is 78.4 Å². The Hall–Kier alpha value is -2.28. The molecule has 27 heavy (non-hydrogen) atoms. The molecule has 7 heteroatoms. The van der Waals surface area contributed by atoms with E-state index in [0.29, 0.717) is 12.6 Å². The Morgan fingerprint density at radius 2 is 1.74 bits per heavy atom. The van der Waals surface area contributed by atoms with Crippen molar-refractivity contribution in [3.05, 3.63) is 30.6 Å². The summed E-state index contributed by atoms with van der Waals surface area (Å²) in [7, 11) is 0. The predicted molar refractivity (Wildman–Crippen MR) is 102 cm³/mol. The van der Waals surface area contributed by atoms with E-state index in [0.717, 1.165) is 57.7 Å². The van der Waals surface area contributed by atoms with E-state index in [9.17, 15) is 9.59 Å². The molecule has 1 aliphatic carbocycles. The number of aromatic nitrogens is 2. The number of unbranched alkanes of at least 4 members (excludes halogenated alkanes) is 1. The lowest BCUT2D eigenvalue weighted by atomic mass is 9.85. The first-order valence-corrected chi connectivity index (χ1v) is 9.99. The van der Waals surface area contributed by atoms with Gasteiger partial charge in [0.05, 0.1) is 11.8 Å². The van der Waals surface area contributed by atoms with Gasteiger partial charge in [0.2, 0.25) is 17.8 Å². The second-order valence-electron chi connectivity index (χ2n) is 7.63. The minimum Gasteiger partial charge on any atom is -0.338 e. The monoisotopic (exact) mass is 369 g/mol. The average molecular weight is 369 g/mol. The van der Waals surface area contributed by atoms with Crippen LogP contribution in [0.4, 0.5) is 5.95 Å². The molecule has 7 nitrogen and oxygen atoms in total. The number of carbonyl (C=O) groups is 2. The highest BCUT2D eigenvalue weighted by Crippen LogP contribution is 2.35. The normalized spacial score (nSPS) is 27.9. The van der Waals surface area contributed by atoms with Gasteiger partial charge in [-0.2, -0.15) is 0 Å². The summed E-state index contributed by atoms with van der Waals surface area (Å²) in [6.45, 7) is 3.28. The van der Waals surface area contributed by atoms with E-state index in [1.807, 2.05) is 18.2 Å². The molecule has 1 unspecified atom stereocenters. The van der Waals surface area contributed by atoms with Crippen LogP contribution < -0.4 is 10.2 Å². The summed E-state index contributed by atoms with van der Waals surface area (Å²) in [4.78, 5) is 37.4. The Labute approximate surface area is 159 Å². The number of hydrogen-bond acceptors (Lipinski definition) is 6. The number of likely N-dealkylation sites (tertiary alicyclic amines) is 1. The smallest absolute Gasteiger partial charge is 0.233 e. The van der Waals surface area contributed by atoms with Crippen LogP contribution >= 0.6 is 0 Å². The van der Waals surface area contributed by atoms with Gasteiger partial charge in [0.15, 0.2) is 0 Å². The quantitative estimate of drug-likeness (QED) is 0.464. The predicted octanol–water partition coefficient (Wildman–Crippen LogP) is 1.38. The van der Waals surface area contributed by atoms with E-state index in [1.54, 1.807) is 12.4 Å². The van der Waals surface area contributed by atoms with Crippen molar-refractivity contribution < 1.29 is 9.59 Å². The first-order valence-electron chi connectivity index (χ1n) is 9.99. The molecule has 2 aliphatic heterocycles. The molecule has 0 saturated carbocycles. The highest BCUT2D eigenvalue weighted by molar-refractivity contribution is 6.05. The molecule has 0 aromatic carbocycles. The fourth-order valence-electron chi connectivity index (χ4n) is 4.41. The zero-order valence-electron chi connectivity index (χ0n) is 15.6. The van der Waals surface area contributed by atoms with Crippen molar-refractivity contribution in [3.63, 3.8) is 0 Å². The van der Waals surface area contributed by atoms with E-state index in [1.165, 1.54) is 4.90 Å². The standard InChI is InChI=1S/C20H27N5O2/c26-18-16-7-1-2-8-17(16)19(27)25(18)12-4-3-6-15-14-24(13-11-21-15)20-22-9-5-10-23-20/h1-2,5,9-10,15-17,21H,3-4,6-8,11-14H2/t15?,16-,17+. The van der Waals surface area contributed by atoms with E-state index in [2.05, 4.69) is 20.2 Å². The third-order valence-electron chi connectivity index (χ3n) is 5.87. The Balaban J connectivity index is 1.22. The summed E-state index contributed by atoms with van der Waals surface area (Å²) >= 11 is 0. The van der Waals surface area contributed by atoms with Crippen molar-refractivity contribution in [3.8, 4) is 0 Å². The fraction of sp³-hybridized carbons (Fsp3) is 0.600. The maximum absolute atomic E-state index is 12.5. The van der Waals surface area contributed by atoms with Crippen LogP contribution in [0, 0.1) is 11.8 Å². The number of imide groups is 1. The summed E-state index contributed by atoms with van der Waals surface area (Å²) in [6.07, 6.45) is 11.9. The van der Waals surface area contributed by atoms with Gasteiger partial charge in [0, 0.05) is 44.6 Å². The SMILES string of the molecule is O=C1[C@H]2CC=CC[C@H]2C(=O)N1CCCCC1CN(c2ncccn2)CCN1. The lowest BCUT2D eigenvalue weighted by molar-refractivity contribution is -0.139. The third kappa shape index (κ3) is 3.88. The summed E-state index contributed by atoms with van der Waals surface area (Å²) in [5.74, 6) is 0.646. The number of allylic oxidation sites excluding steroid dienone is 2. The van der Waals surface area contributed by atoms with Crippen molar-refractivity contribution in [2.45, 2.75) is 38.1 Å².